The van der Waals surface area contributed by atoms with E-state index in [0.29, 0.717) is 35.4 Å². The molecule has 1 heterocycles. The number of benzene rings is 3. The van der Waals surface area contributed by atoms with E-state index in [-0.39, 0.29) is 30.6 Å². The number of Topliss-reactive ketones (excluding diaryl/α,β-unsaturated/α-hetero) is 1. The number of hydrogen-bond acceptors (Lipinski definition) is 5. The molecule has 4 fully saturated rings. The van der Waals surface area contributed by atoms with Crippen LogP contribution in [0.2, 0.25) is 0 Å². The third kappa shape index (κ3) is 6.22. The molecular formula is C39H41FN2O5. The van der Waals surface area contributed by atoms with Crippen molar-refractivity contribution in [1.29, 1.82) is 0 Å². The van der Waals surface area contributed by atoms with Crippen LogP contribution in [0.3, 0.4) is 0 Å². The second-order valence-corrected chi connectivity index (χ2v) is 14.3. The number of halogens is 1. The van der Waals surface area contributed by atoms with E-state index >= 15 is 9.18 Å². The molecule has 0 saturated heterocycles. The Labute approximate surface area is 275 Å². The monoisotopic (exact) mass is 636 g/mol. The highest BCUT2D eigenvalue weighted by Crippen LogP contribution is 2.62. The molecule has 0 aromatic heterocycles. The number of hydrogen-bond donors (Lipinski definition) is 0. The van der Waals surface area contributed by atoms with Crippen molar-refractivity contribution in [3.8, 4) is 0 Å². The highest BCUT2D eigenvalue weighted by atomic mass is 19.1. The molecule has 8 rings (SSSR count). The van der Waals surface area contributed by atoms with Gasteiger partial charge >= 0.3 is 5.97 Å². The van der Waals surface area contributed by atoms with Gasteiger partial charge in [-0.05, 0) is 91.9 Å². The van der Waals surface area contributed by atoms with Crippen molar-refractivity contribution < 1.29 is 28.3 Å². The number of ether oxygens (including phenoxy) is 1. The van der Waals surface area contributed by atoms with Gasteiger partial charge in [-0.15, -0.1) is 0 Å². The lowest BCUT2D eigenvalue weighted by Crippen LogP contribution is -2.59. The number of rotatable bonds is 7. The lowest BCUT2D eigenvalue weighted by atomic mass is 9.48. The first-order valence-corrected chi connectivity index (χ1v) is 16.9. The minimum atomic E-state index is -1.30. The fourth-order valence-corrected chi connectivity index (χ4v) is 9.52. The van der Waals surface area contributed by atoms with Gasteiger partial charge in [0.15, 0.2) is 5.78 Å². The van der Waals surface area contributed by atoms with Crippen molar-refractivity contribution in [3.63, 3.8) is 0 Å². The number of nitrogens with zero attached hydrogens (tertiary/aromatic N) is 2. The molecular weight excluding hydrogens is 595 g/mol. The van der Waals surface area contributed by atoms with E-state index in [4.69, 9.17) is 4.74 Å². The molecule has 2 amide bonds. The zero-order valence-electron chi connectivity index (χ0n) is 26.8. The second-order valence-electron chi connectivity index (χ2n) is 14.3. The molecule has 2 atom stereocenters. The maximum absolute atomic E-state index is 15.2. The molecule has 0 spiro atoms. The van der Waals surface area contributed by atoms with Crippen LogP contribution in [0.5, 0.6) is 0 Å². The summed E-state index contributed by atoms with van der Waals surface area (Å²) in [6, 6.07) is 19.9. The van der Waals surface area contributed by atoms with E-state index in [1.165, 1.54) is 42.1 Å². The van der Waals surface area contributed by atoms with E-state index in [9.17, 15) is 14.4 Å². The average Bonchev–Trinajstić information content (AvgIpc) is 3.08. The molecule has 3 aromatic rings. The van der Waals surface area contributed by atoms with Gasteiger partial charge < -0.3 is 14.5 Å². The molecule has 4 bridgehead atoms. The Kier molecular flexibility index (Phi) is 8.45. The van der Waals surface area contributed by atoms with E-state index in [1.54, 1.807) is 42.5 Å². The number of esters is 1. The van der Waals surface area contributed by atoms with Crippen LogP contribution in [0.4, 0.5) is 10.1 Å². The Bertz CT molecular complexity index is 1650. The molecule has 0 unspecified atom stereocenters. The van der Waals surface area contributed by atoms with Crippen LogP contribution in [0, 0.1) is 29.0 Å². The summed E-state index contributed by atoms with van der Waals surface area (Å²) in [7, 11) is 0. The SMILES string of the molecule is CC(=O)N1[C@H](CC23CC4CC(CC(C4)C2)C3)C(=O)N(Cc2ccccc2F)c2ccccc2C(=O)C[C@H]1C(=O)OCc1ccccc1. The van der Waals surface area contributed by atoms with Gasteiger partial charge in [0.05, 0.1) is 12.2 Å². The fraction of sp³-hybridized carbons (Fsp3) is 0.436. The topological polar surface area (TPSA) is 84.0 Å². The molecule has 1 aliphatic heterocycles. The van der Waals surface area contributed by atoms with Gasteiger partial charge in [-0.3, -0.25) is 14.4 Å². The predicted octanol–water partition coefficient (Wildman–Crippen LogP) is 6.88. The third-order valence-corrected chi connectivity index (χ3v) is 11.0. The van der Waals surface area contributed by atoms with E-state index in [1.807, 2.05) is 30.3 Å². The summed E-state index contributed by atoms with van der Waals surface area (Å²) in [4.78, 5) is 59.9. The van der Waals surface area contributed by atoms with E-state index in [2.05, 4.69) is 0 Å². The van der Waals surface area contributed by atoms with Crippen LogP contribution in [0.1, 0.15) is 79.8 Å². The van der Waals surface area contributed by atoms with Gasteiger partial charge in [0, 0.05) is 24.5 Å². The molecule has 8 heteroatoms. The lowest BCUT2D eigenvalue weighted by molar-refractivity contribution is -0.161. The van der Waals surface area contributed by atoms with Crippen LogP contribution in [-0.2, 0) is 32.3 Å². The Balaban J connectivity index is 1.33. The third-order valence-electron chi connectivity index (χ3n) is 11.0. The van der Waals surface area contributed by atoms with Gasteiger partial charge in [-0.25, -0.2) is 9.18 Å². The quantitative estimate of drug-likeness (QED) is 0.264. The minimum Gasteiger partial charge on any atom is -0.459 e. The Morgan fingerprint density at radius 2 is 1.47 bits per heavy atom. The van der Waals surface area contributed by atoms with Crippen molar-refractivity contribution in [2.24, 2.45) is 23.2 Å². The number of amides is 2. The van der Waals surface area contributed by atoms with Crippen LogP contribution in [0.15, 0.2) is 78.9 Å². The second kappa shape index (κ2) is 12.7. The van der Waals surface area contributed by atoms with Gasteiger partial charge in [-0.2, -0.15) is 0 Å². The largest absolute Gasteiger partial charge is 0.459 e. The molecule has 0 N–H and O–H groups in total. The summed E-state index contributed by atoms with van der Waals surface area (Å²) < 4.78 is 20.9. The van der Waals surface area contributed by atoms with Crippen LogP contribution >= 0.6 is 0 Å². The average molecular weight is 637 g/mol. The number of para-hydroxylation sites is 1. The highest BCUT2D eigenvalue weighted by Gasteiger charge is 2.54. The Hall–Kier alpha value is -4.33. The minimum absolute atomic E-state index is 0.0281. The molecule has 47 heavy (non-hydrogen) atoms. The lowest BCUT2D eigenvalue weighted by Gasteiger charge is -2.58. The van der Waals surface area contributed by atoms with Crippen LogP contribution in [0.25, 0.3) is 0 Å². The van der Waals surface area contributed by atoms with Crippen molar-refractivity contribution >= 4 is 29.3 Å². The fourth-order valence-electron chi connectivity index (χ4n) is 9.52. The number of fused-ring (bicyclic) bond motifs is 1. The normalized spacial score (nSPS) is 28.3. The summed E-state index contributed by atoms with van der Waals surface area (Å²) in [5, 5.41) is 0. The van der Waals surface area contributed by atoms with Crippen molar-refractivity contribution in [1.82, 2.24) is 4.90 Å². The Morgan fingerprint density at radius 1 is 0.851 bits per heavy atom. The number of carbonyl (C=O) groups excluding carboxylic acids is 4. The summed E-state index contributed by atoms with van der Waals surface area (Å²) in [6.45, 7) is 1.20. The number of ketones is 1. The van der Waals surface area contributed by atoms with Crippen molar-refractivity contribution in [2.75, 3.05) is 4.90 Å². The maximum atomic E-state index is 15.2. The van der Waals surface area contributed by atoms with Gasteiger partial charge in [0.1, 0.15) is 24.5 Å². The van der Waals surface area contributed by atoms with Gasteiger partial charge in [-0.1, -0.05) is 60.7 Å². The smallest absolute Gasteiger partial charge is 0.329 e. The summed E-state index contributed by atoms with van der Waals surface area (Å²) in [5.74, 6) is -0.671. The predicted molar refractivity (Wildman–Crippen MR) is 175 cm³/mol. The Morgan fingerprint density at radius 3 is 2.13 bits per heavy atom. The van der Waals surface area contributed by atoms with Crippen molar-refractivity contribution in [3.05, 3.63) is 101 Å². The van der Waals surface area contributed by atoms with E-state index < -0.39 is 41.5 Å². The molecule has 5 aliphatic rings. The first-order chi connectivity index (χ1) is 22.7. The molecule has 244 valence electrons. The molecule has 4 aliphatic carbocycles. The van der Waals surface area contributed by atoms with Crippen molar-refractivity contribution in [2.45, 2.75) is 83.5 Å². The number of anilines is 1. The maximum Gasteiger partial charge on any atom is 0.329 e. The van der Waals surface area contributed by atoms with E-state index in [0.717, 1.165) is 24.8 Å². The van der Waals surface area contributed by atoms with Gasteiger partial charge in [0.2, 0.25) is 11.8 Å². The highest BCUT2D eigenvalue weighted by molar-refractivity contribution is 6.10. The molecule has 0 radical (unpaired) electrons. The molecule has 7 nitrogen and oxygen atoms in total. The van der Waals surface area contributed by atoms with Gasteiger partial charge in [0.25, 0.3) is 0 Å². The summed E-state index contributed by atoms with van der Waals surface area (Å²) >= 11 is 0. The standard InChI is InChI=1S/C39H41FN2O5/c1-25(43)42-34(38(46)47-24-26-9-3-2-4-10-26)18-36(44)31-12-6-8-14-33(31)41(23-30-11-5-7-13-32(30)40)37(45)35(42)22-39-19-27-15-28(20-39)17-29(16-27)21-39/h2-14,27-29,34-35H,15-24H2,1H3/t27?,28?,29?,34-,35+,39?/m0/s1. The number of carbonyl (C=O) groups is 4. The summed E-state index contributed by atoms with van der Waals surface area (Å²) in [5.41, 5.74) is 1.51. The molecule has 4 saturated carbocycles. The first-order valence-electron chi connectivity index (χ1n) is 16.9. The zero-order chi connectivity index (χ0) is 32.7. The summed E-state index contributed by atoms with van der Waals surface area (Å²) in [6.07, 6.45) is 6.66. The first kappa shape index (κ1) is 31.3. The zero-order valence-corrected chi connectivity index (χ0v) is 26.8. The molecule has 3 aromatic carbocycles. The van der Waals surface area contributed by atoms with Crippen LogP contribution < -0.4 is 4.90 Å². The van der Waals surface area contributed by atoms with Crippen LogP contribution in [-0.4, -0.2) is 40.6 Å².